The smallest absolute Gasteiger partial charge is 0.261 e. The van der Waals surface area contributed by atoms with Crippen LogP contribution in [-0.4, -0.2) is 40.0 Å². The van der Waals surface area contributed by atoms with Crippen molar-refractivity contribution in [1.82, 2.24) is 0 Å². The lowest BCUT2D eigenvalue weighted by atomic mass is 9.60. The van der Waals surface area contributed by atoms with Gasteiger partial charge in [0.2, 0.25) is 0 Å². The van der Waals surface area contributed by atoms with Crippen LogP contribution >= 0.6 is 0 Å². The predicted octanol–water partition coefficient (Wildman–Crippen LogP) is 8.57. The van der Waals surface area contributed by atoms with Crippen molar-refractivity contribution >= 4 is 24.4 Å². The number of hydrogen-bond acceptors (Lipinski definition) is 5. The van der Waals surface area contributed by atoms with E-state index in [1.54, 1.807) is 7.11 Å². The van der Waals surface area contributed by atoms with E-state index in [0.29, 0.717) is 25.0 Å². The van der Waals surface area contributed by atoms with Crippen LogP contribution in [0.4, 0.5) is 0 Å². The Morgan fingerprint density at radius 2 is 1.57 bits per heavy atom. The second-order valence-corrected chi connectivity index (χ2v) is 19.2. The lowest BCUT2D eigenvalue weighted by molar-refractivity contribution is -0.0293. The van der Waals surface area contributed by atoms with Crippen LogP contribution < -0.4 is 15.1 Å². The lowest BCUT2D eigenvalue weighted by Gasteiger charge is -2.46. The molecule has 0 spiro atoms. The standard InChI is InChI=1S/C41H55NO4Si/c1-9-16-38-41(26-25-37(32(4)39(41)42-46-38)44-29-33-21-23-34(43-8)24-22-33)27-30(2)31(3)28-45-47(40(5,6)7,35-17-12-10-13-18-35)36-19-14-11-15-20-36/h9-15,17-24,30-32,37-38H,1,16,25-29H2,2-8H3/t30-,31-,32+,37-,38-,41-/m0/s1. The van der Waals surface area contributed by atoms with Gasteiger partial charge in [-0.1, -0.05) is 126 Å². The van der Waals surface area contributed by atoms with Crippen molar-refractivity contribution < 1.29 is 18.7 Å². The van der Waals surface area contributed by atoms with E-state index in [1.165, 1.54) is 16.1 Å². The molecule has 1 saturated carbocycles. The Labute approximate surface area is 284 Å². The molecule has 1 aliphatic heterocycles. The maximum absolute atomic E-state index is 7.38. The number of methoxy groups -OCH3 is 1. The molecule has 3 aromatic rings. The second kappa shape index (κ2) is 14.9. The van der Waals surface area contributed by atoms with Gasteiger partial charge in [-0.3, -0.25) is 0 Å². The fourth-order valence-corrected chi connectivity index (χ4v) is 12.7. The number of hydrogen-bond donors (Lipinski definition) is 0. The Kier molecular flexibility index (Phi) is 11.2. The van der Waals surface area contributed by atoms with E-state index < -0.39 is 8.32 Å². The van der Waals surface area contributed by atoms with Crippen LogP contribution in [0.25, 0.3) is 0 Å². The van der Waals surface area contributed by atoms with Gasteiger partial charge in [0.15, 0.2) is 0 Å². The quantitative estimate of drug-likeness (QED) is 0.129. The molecule has 1 aliphatic carbocycles. The third kappa shape index (κ3) is 7.16. The van der Waals surface area contributed by atoms with Gasteiger partial charge in [-0.25, -0.2) is 0 Å². The molecule has 2 aliphatic rings. The minimum absolute atomic E-state index is 0.00670. The molecule has 47 heavy (non-hydrogen) atoms. The van der Waals surface area contributed by atoms with Crippen LogP contribution in [0.15, 0.2) is 103 Å². The molecule has 0 radical (unpaired) electrons. The van der Waals surface area contributed by atoms with Crippen LogP contribution in [0.5, 0.6) is 5.75 Å². The zero-order chi connectivity index (χ0) is 33.7. The normalized spacial score (nSPS) is 24.1. The Morgan fingerprint density at radius 1 is 0.957 bits per heavy atom. The molecule has 0 bridgehead atoms. The molecule has 252 valence electrons. The highest BCUT2D eigenvalue weighted by Gasteiger charge is 2.56. The van der Waals surface area contributed by atoms with Crippen LogP contribution in [0.2, 0.25) is 5.04 Å². The highest BCUT2D eigenvalue weighted by Crippen LogP contribution is 2.51. The zero-order valence-corrected chi connectivity index (χ0v) is 30.6. The molecule has 0 saturated heterocycles. The fraction of sp³-hybridized carbons (Fsp3) is 0.488. The first-order chi connectivity index (χ1) is 22.6. The highest BCUT2D eigenvalue weighted by molar-refractivity contribution is 6.99. The summed E-state index contributed by atoms with van der Waals surface area (Å²) < 4.78 is 19.2. The van der Waals surface area contributed by atoms with Crippen molar-refractivity contribution in [3.05, 3.63) is 103 Å². The minimum atomic E-state index is -2.61. The number of nitrogens with zero attached hydrogens (tertiary/aromatic N) is 1. The number of oxime groups is 1. The molecule has 6 atom stereocenters. The van der Waals surface area contributed by atoms with Gasteiger partial charge in [-0.2, -0.15) is 0 Å². The third-order valence-corrected chi connectivity index (χ3v) is 15.9. The molecule has 0 unspecified atom stereocenters. The van der Waals surface area contributed by atoms with Gasteiger partial charge in [0.1, 0.15) is 11.9 Å². The van der Waals surface area contributed by atoms with Gasteiger partial charge in [0, 0.05) is 18.9 Å². The Hall–Kier alpha value is -3.19. The van der Waals surface area contributed by atoms with Crippen molar-refractivity contribution in [1.29, 1.82) is 0 Å². The van der Waals surface area contributed by atoms with Gasteiger partial charge in [0.25, 0.3) is 8.32 Å². The molecule has 5 nitrogen and oxygen atoms in total. The van der Waals surface area contributed by atoms with Gasteiger partial charge < -0.3 is 18.7 Å². The summed E-state index contributed by atoms with van der Waals surface area (Å²) in [5.74, 6) is 1.77. The Balaban J connectivity index is 1.33. The molecular formula is C41H55NO4Si. The van der Waals surface area contributed by atoms with E-state index in [1.807, 2.05) is 18.2 Å². The predicted molar refractivity (Wildman–Crippen MR) is 196 cm³/mol. The van der Waals surface area contributed by atoms with Crippen LogP contribution in [-0.2, 0) is 20.6 Å². The van der Waals surface area contributed by atoms with Crippen molar-refractivity contribution in [3.8, 4) is 5.75 Å². The van der Waals surface area contributed by atoms with E-state index in [0.717, 1.165) is 37.0 Å². The molecule has 1 heterocycles. The summed E-state index contributed by atoms with van der Waals surface area (Å²) in [5.41, 5.74) is 2.19. The van der Waals surface area contributed by atoms with Crippen molar-refractivity contribution in [2.75, 3.05) is 13.7 Å². The lowest BCUT2D eigenvalue weighted by Crippen LogP contribution is -2.67. The molecule has 0 N–H and O–H groups in total. The highest BCUT2D eigenvalue weighted by atomic mass is 28.4. The first-order valence-corrected chi connectivity index (χ1v) is 19.3. The van der Waals surface area contributed by atoms with Crippen molar-refractivity contribution in [2.45, 2.75) is 91.1 Å². The average Bonchev–Trinajstić information content (AvgIpc) is 3.43. The van der Waals surface area contributed by atoms with E-state index in [9.17, 15) is 0 Å². The summed E-state index contributed by atoms with van der Waals surface area (Å²) in [6.45, 7) is 19.4. The third-order valence-electron chi connectivity index (χ3n) is 10.9. The molecular weight excluding hydrogens is 599 g/mol. The van der Waals surface area contributed by atoms with Gasteiger partial charge in [-0.05, 0) is 64.2 Å². The van der Waals surface area contributed by atoms with Crippen LogP contribution in [0, 0.1) is 23.2 Å². The van der Waals surface area contributed by atoms with Crippen molar-refractivity contribution in [3.63, 3.8) is 0 Å². The van der Waals surface area contributed by atoms with Crippen LogP contribution in [0.3, 0.4) is 0 Å². The minimum Gasteiger partial charge on any atom is -0.497 e. The molecule has 1 fully saturated rings. The summed E-state index contributed by atoms with van der Waals surface area (Å²) in [4.78, 5) is 6.23. The maximum atomic E-state index is 7.38. The first-order valence-electron chi connectivity index (χ1n) is 17.4. The average molecular weight is 654 g/mol. The molecule has 0 aromatic heterocycles. The summed E-state index contributed by atoms with van der Waals surface area (Å²) in [6.07, 6.45) is 5.86. The van der Waals surface area contributed by atoms with Crippen molar-refractivity contribution in [2.24, 2.45) is 28.3 Å². The van der Waals surface area contributed by atoms with Gasteiger partial charge in [0.05, 0.1) is 30.9 Å². The van der Waals surface area contributed by atoms with E-state index in [-0.39, 0.29) is 28.6 Å². The number of benzene rings is 3. The summed E-state index contributed by atoms with van der Waals surface area (Å²) in [7, 11) is -0.922. The number of ether oxygens (including phenoxy) is 2. The largest absolute Gasteiger partial charge is 0.497 e. The molecule has 3 aromatic carbocycles. The second-order valence-electron chi connectivity index (χ2n) is 14.9. The molecule has 0 amide bonds. The molecule has 6 heteroatoms. The number of fused-ring (bicyclic) bond motifs is 1. The number of rotatable bonds is 14. The summed E-state index contributed by atoms with van der Waals surface area (Å²) in [5, 5.41) is 7.39. The maximum Gasteiger partial charge on any atom is 0.261 e. The fourth-order valence-electron chi connectivity index (χ4n) is 8.00. The SMILES string of the molecule is C=CC[C@@H]1ON=C2[C@H](C)[C@@H](OCc3ccc(OC)cc3)CC[C@@]21C[C@H](C)[C@@H](C)CO[Si](c1ccccc1)(c1ccccc1)C(C)(C)C. The van der Waals surface area contributed by atoms with E-state index in [4.69, 9.17) is 23.9 Å². The van der Waals surface area contributed by atoms with Gasteiger partial charge in [-0.15, -0.1) is 6.58 Å². The summed E-state index contributed by atoms with van der Waals surface area (Å²) in [6, 6.07) is 30.0. The first kappa shape index (κ1) is 35.1. The van der Waals surface area contributed by atoms with Gasteiger partial charge >= 0.3 is 0 Å². The van der Waals surface area contributed by atoms with Crippen LogP contribution in [0.1, 0.15) is 72.8 Å². The van der Waals surface area contributed by atoms with E-state index >= 15 is 0 Å². The zero-order valence-electron chi connectivity index (χ0n) is 29.6. The van der Waals surface area contributed by atoms with E-state index in [2.05, 4.69) is 121 Å². The Morgan fingerprint density at radius 3 is 2.13 bits per heavy atom. The monoisotopic (exact) mass is 653 g/mol. The summed E-state index contributed by atoms with van der Waals surface area (Å²) >= 11 is 0. The topological polar surface area (TPSA) is 49.3 Å². The Bertz CT molecular complexity index is 1430. The molecule has 5 rings (SSSR count).